The van der Waals surface area contributed by atoms with Gasteiger partial charge in [0.1, 0.15) is 5.65 Å². The van der Waals surface area contributed by atoms with Crippen LogP contribution >= 0.6 is 0 Å². The lowest BCUT2D eigenvalue weighted by molar-refractivity contribution is 0.199. The van der Waals surface area contributed by atoms with Crippen LogP contribution in [0.4, 0.5) is 0 Å². The molecule has 15 heavy (non-hydrogen) atoms. The molecule has 0 amide bonds. The second kappa shape index (κ2) is 4.91. The van der Waals surface area contributed by atoms with Crippen molar-refractivity contribution in [1.29, 1.82) is 0 Å². The molecule has 2 heterocycles. The van der Waals surface area contributed by atoms with E-state index in [1.54, 1.807) is 7.11 Å². The molecule has 0 aliphatic heterocycles. The highest BCUT2D eigenvalue weighted by atomic mass is 16.5. The maximum Gasteiger partial charge on any atom is 0.136 e. The molecule has 2 rings (SSSR count). The fourth-order valence-corrected chi connectivity index (χ4v) is 1.54. The van der Waals surface area contributed by atoms with Crippen LogP contribution in [0.3, 0.4) is 0 Å². The van der Waals surface area contributed by atoms with E-state index in [2.05, 4.69) is 20.8 Å². The average Bonchev–Trinajstić information content (AvgIpc) is 2.73. The average molecular weight is 205 g/mol. The van der Waals surface area contributed by atoms with Crippen molar-refractivity contribution in [2.45, 2.75) is 6.54 Å². The lowest BCUT2D eigenvalue weighted by Gasteiger charge is -2.06. The van der Waals surface area contributed by atoms with E-state index in [0.717, 1.165) is 25.3 Å². The molecule has 80 valence electrons. The molecule has 0 fully saturated rings. The molecule has 0 bridgehead atoms. The summed E-state index contributed by atoms with van der Waals surface area (Å²) in [5.74, 6) is 0. The van der Waals surface area contributed by atoms with Gasteiger partial charge in [-0.15, -0.1) is 0 Å². The Morgan fingerprint density at radius 2 is 2.40 bits per heavy atom. The van der Waals surface area contributed by atoms with E-state index >= 15 is 0 Å². The van der Waals surface area contributed by atoms with Crippen LogP contribution in [0.1, 0.15) is 5.69 Å². The zero-order chi connectivity index (χ0) is 10.5. The van der Waals surface area contributed by atoms with Crippen molar-refractivity contribution in [1.82, 2.24) is 14.7 Å². The Balaban J connectivity index is 2.04. The van der Waals surface area contributed by atoms with E-state index < -0.39 is 0 Å². The third-order valence-corrected chi connectivity index (χ3v) is 2.30. The molecule has 2 aromatic rings. The normalized spacial score (nSPS) is 11.0. The van der Waals surface area contributed by atoms with Gasteiger partial charge in [-0.1, -0.05) is 6.07 Å². The van der Waals surface area contributed by atoms with Crippen LogP contribution in [-0.2, 0) is 11.3 Å². The van der Waals surface area contributed by atoms with Gasteiger partial charge in [-0.05, 0) is 12.1 Å². The molecule has 4 nitrogen and oxygen atoms in total. The second-order valence-electron chi connectivity index (χ2n) is 3.34. The summed E-state index contributed by atoms with van der Waals surface area (Å²) in [5.41, 5.74) is 2.20. The van der Waals surface area contributed by atoms with Crippen molar-refractivity contribution in [2.75, 3.05) is 20.3 Å². The number of hydrogen-bond donors (Lipinski definition) is 1. The van der Waals surface area contributed by atoms with Gasteiger partial charge in [0.15, 0.2) is 0 Å². The van der Waals surface area contributed by atoms with Crippen LogP contribution in [0.25, 0.3) is 5.65 Å². The molecule has 0 aliphatic carbocycles. The second-order valence-corrected chi connectivity index (χ2v) is 3.34. The molecule has 0 saturated heterocycles. The Labute approximate surface area is 88.9 Å². The molecule has 0 aliphatic rings. The molecule has 0 unspecified atom stereocenters. The van der Waals surface area contributed by atoms with Gasteiger partial charge in [0.05, 0.1) is 6.61 Å². The van der Waals surface area contributed by atoms with E-state index in [9.17, 15) is 0 Å². The molecular formula is C11H15N3O. The number of aromatic nitrogens is 2. The van der Waals surface area contributed by atoms with E-state index in [4.69, 9.17) is 4.74 Å². The van der Waals surface area contributed by atoms with Crippen molar-refractivity contribution in [3.05, 3.63) is 36.3 Å². The fraction of sp³-hybridized carbons (Fsp3) is 0.364. The molecule has 0 spiro atoms. The number of rotatable bonds is 5. The third kappa shape index (κ3) is 2.34. The topological polar surface area (TPSA) is 38.6 Å². The van der Waals surface area contributed by atoms with Crippen LogP contribution in [-0.4, -0.2) is 29.6 Å². The third-order valence-electron chi connectivity index (χ3n) is 2.30. The minimum Gasteiger partial charge on any atom is -0.383 e. The number of imidazole rings is 1. The molecule has 0 saturated carbocycles. The minimum atomic E-state index is 0.736. The summed E-state index contributed by atoms with van der Waals surface area (Å²) >= 11 is 0. The van der Waals surface area contributed by atoms with Gasteiger partial charge in [-0.2, -0.15) is 0 Å². The maximum atomic E-state index is 4.97. The largest absolute Gasteiger partial charge is 0.383 e. The lowest BCUT2D eigenvalue weighted by Crippen LogP contribution is -2.19. The molecule has 2 aromatic heterocycles. The number of fused-ring (bicyclic) bond motifs is 1. The predicted octanol–water partition coefficient (Wildman–Crippen LogP) is 1.07. The molecule has 4 heteroatoms. The van der Waals surface area contributed by atoms with Gasteiger partial charge in [0.2, 0.25) is 0 Å². The molecule has 1 N–H and O–H groups in total. The summed E-state index contributed by atoms with van der Waals surface area (Å²) < 4.78 is 7.05. The Bertz CT molecular complexity index is 424. The number of pyridine rings is 1. The van der Waals surface area contributed by atoms with E-state index in [1.807, 2.05) is 24.5 Å². The summed E-state index contributed by atoms with van der Waals surface area (Å²) in [5, 5.41) is 3.31. The zero-order valence-electron chi connectivity index (χ0n) is 8.81. The number of nitrogens with zero attached hydrogens (tertiary/aromatic N) is 2. The van der Waals surface area contributed by atoms with Crippen molar-refractivity contribution >= 4 is 5.65 Å². The highest BCUT2D eigenvalue weighted by Gasteiger charge is 1.98. The molecule has 0 radical (unpaired) electrons. The van der Waals surface area contributed by atoms with Gasteiger partial charge in [-0.3, -0.25) is 0 Å². The first-order valence-corrected chi connectivity index (χ1v) is 5.02. The number of methoxy groups -OCH3 is 1. The van der Waals surface area contributed by atoms with Crippen LogP contribution in [0, 0.1) is 0 Å². The Kier molecular flexibility index (Phi) is 3.32. The SMILES string of the molecule is COCCNCc1cccc2nccn12. The van der Waals surface area contributed by atoms with Crippen LogP contribution < -0.4 is 5.32 Å². The van der Waals surface area contributed by atoms with Crippen molar-refractivity contribution in [3.8, 4) is 0 Å². The maximum absolute atomic E-state index is 4.97. The van der Waals surface area contributed by atoms with Crippen LogP contribution in [0.5, 0.6) is 0 Å². The monoisotopic (exact) mass is 205 g/mol. The predicted molar refractivity (Wildman–Crippen MR) is 58.8 cm³/mol. The molecule has 0 aromatic carbocycles. The van der Waals surface area contributed by atoms with E-state index in [-0.39, 0.29) is 0 Å². The van der Waals surface area contributed by atoms with Gasteiger partial charge >= 0.3 is 0 Å². The first-order chi connectivity index (χ1) is 7.42. The Hall–Kier alpha value is -1.39. The van der Waals surface area contributed by atoms with Gasteiger partial charge in [0.25, 0.3) is 0 Å². The summed E-state index contributed by atoms with van der Waals surface area (Å²) in [6.45, 7) is 2.43. The summed E-state index contributed by atoms with van der Waals surface area (Å²) in [4.78, 5) is 4.23. The summed E-state index contributed by atoms with van der Waals surface area (Å²) in [7, 11) is 1.71. The van der Waals surface area contributed by atoms with Gasteiger partial charge in [0, 0.05) is 38.3 Å². The Morgan fingerprint density at radius 1 is 1.47 bits per heavy atom. The van der Waals surface area contributed by atoms with Crippen molar-refractivity contribution in [3.63, 3.8) is 0 Å². The summed E-state index contributed by atoms with van der Waals surface area (Å²) in [6.07, 6.45) is 3.79. The van der Waals surface area contributed by atoms with Crippen molar-refractivity contribution in [2.24, 2.45) is 0 Å². The van der Waals surface area contributed by atoms with Gasteiger partial charge in [-0.25, -0.2) is 4.98 Å². The quantitative estimate of drug-likeness (QED) is 0.742. The fourth-order valence-electron chi connectivity index (χ4n) is 1.54. The van der Waals surface area contributed by atoms with Crippen LogP contribution in [0.15, 0.2) is 30.6 Å². The number of nitrogens with one attached hydrogen (secondary N) is 1. The lowest BCUT2D eigenvalue weighted by atomic mass is 10.3. The highest BCUT2D eigenvalue weighted by molar-refractivity contribution is 5.39. The minimum absolute atomic E-state index is 0.736. The first-order valence-electron chi connectivity index (χ1n) is 5.02. The highest BCUT2D eigenvalue weighted by Crippen LogP contribution is 2.05. The smallest absolute Gasteiger partial charge is 0.136 e. The number of hydrogen-bond acceptors (Lipinski definition) is 3. The van der Waals surface area contributed by atoms with Crippen LogP contribution in [0.2, 0.25) is 0 Å². The van der Waals surface area contributed by atoms with Gasteiger partial charge < -0.3 is 14.5 Å². The van der Waals surface area contributed by atoms with E-state index in [0.29, 0.717) is 0 Å². The van der Waals surface area contributed by atoms with E-state index in [1.165, 1.54) is 5.69 Å². The zero-order valence-corrected chi connectivity index (χ0v) is 8.81. The first kappa shape index (κ1) is 10.1. The molecular weight excluding hydrogens is 190 g/mol. The van der Waals surface area contributed by atoms with Crippen molar-refractivity contribution < 1.29 is 4.74 Å². The summed E-state index contributed by atoms with van der Waals surface area (Å²) in [6, 6.07) is 6.11. The Morgan fingerprint density at radius 3 is 3.27 bits per heavy atom. The standard InChI is InChI=1S/C11H15N3O/c1-15-8-6-12-9-10-3-2-4-11-13-5-7-14(10)11/h2-5,7,12H,6,8-9H2,1H3. The molecule has 0 atom stereocenters. The number of ether oxygens (including phenoxy) is 1.